The topological polar surface area (TPSA) is 78.9 Å². The first-order chi connectivity index (χ1) is 37.5. The second-order valence-corrected chi connectivity index (χ2v) is 19.8. The molecule has 0 saturated carbocycles. The third-order valence-electron chi connectivity index (χ3n) is 12.6. The first-order valence-electron chi connectivity index (χ1n) is 30.8. The number of hydrogen-bond acceptors (Lipinski definition) is 6. The summed E-state index contributed by atoms with van der Waals surface area (Å²) in [5, 5.41) is 0. The van der Waals surface area contributed by atoms with Gasteiger partial charge in [-0.15, -0.1) is 0 Å². The van der Waals surface area contributed by atoms with Crippen molar-refractivity contribution in [3.63, 3.8) is 0 Å². The molecule has 0 aliphatic rings. The van der Waals surface area contributed by atoms with E-state index in [1.165, 1.54) is 44.9 Å². The standard InChI is InChI=1S/C70H112O6/c1-4-7-10-13-16-19-22-25-27-29-31-32-33-34-35-36-37-38-40-41-43-45-48-51-54-57-60-63-69(72)75-66-67(65-74-68(71)62-59-56-53-50-47-24-21-18-15-12-9-6-3)76-70(73)64-61-58-55-52-49-46-44-42-39-30-28-26-23-20-17-14-11-8-5-2/h7-8,10-11,16-21,25-28,31-32,34-35,37-39,41-43,67H,4-6,9,12-15,22-24,29-30,33,36,40,44-66H2,1-3H3/b10-7-,11-8-,19-16-,20-17-,21-18-,27-25-,28-26-,32-31-,35-34-,38-37-,42-39-,43-41-. The zero-order valence-electron chi connectivity index (χ0n) is 49.0. The lowest BCUT2D eigenvalue weighted by Gasteiger charge is -2.18. The summed E-state index contributed by atoms with van der Waals surface area (Å²) in [5.74, 6) is -0.945. The highest BCUT2D eigenvalue weighted by Gasteiger charge is 2.19. The predicted octanol–water partition coefficient (Wildman–Crippen LogP) is 21.2. The van der Waals surface area contributed by atoms with Crippen LogP contribution < -0.4 is 0 Å². The Bertz CT molecular complexity index is 1680. The van der Waals surface area contributed by atoms with Crippen LogP contribution in [0.2, 0.25) is 0 Å². The maximum atomic E-state index is 12.9. The van der Waals surface area contributed by atoms with Gasteiger partial charge in [0.05, 0.1) is 0 Å². The van der Waals surface area contributed by atoms with Gasteiger partial charge in [0.2, 0.25) is 0 Å². The van der Waals surface area contributed by atoms with Gasteiger partial charge in [0.1, 0.15) is 13.2 Å². The molecule has 0 rings (SSSR count). The molecular formula is C70H112O6. The largest absolute Gasteiger partial charge is 0.462 e. The van der Waals surface area contributed by atoms with Crippen molar-refractivity contribution in [3.8, 4) is 0 Å². The van der Waals surface area contributed by atoms with Crippen molar-refractivity contribution in [2.75, 3.05) is 13.2 Å². The molecule has 0 saturated heterocycles. The first kappa shape index (κ1) is 71.3. The zero-order valence-corrected chi connectivity index (χ0v) is 49.0. The fourth-order valence-electron chi connectivity index (χ4n) is 8.00. The summed E-state index contributed by atoms with van der Waals surface area (Å²) in [5.41, 5.74) is 0. The lowest BCUT2D eigenvalue weighted by molar-refractivity contribution is -0.167. The fourth-order valence-corrected chi connectivity index (χ4v) is 8.00. The summed E-state index contributed by atoms with van der Waals surface area (Å²) >= 11 is 0. The van der Waals surface area contributed by atoms with E-state index in [0.29, 0.717) is 19.3 Å². The van der Waals surface area contributed by atoms with E-state index in [2.05, 4.69) is 167 Å². The minimum absolute atomic E-state index is 0.0996. The molecule has 0 aromatic rings. The van der Waals surface area contributed by atoms with Crippen molar-refractivity contribution in [3.05, 3.63) is 146 Å². The molecule has 0 bridgehead atoms. The Morgan fingerprint density at radius 2 is 0.513 bits per heavy atom. The SMILES string of the molecule is CC/C=C\C/C=C\C/C=C\C/C=C\C/C=C\C/C=C\C/C=C\CCCCCCCC(=O)OCC(COC(=O)CCCCCCC/C=C\CCCCC)OC(=O)CCCCCCCC/C=C\C/C=C\C/C=C\C/C=C\CC. The smallest absolute Gasteiger partial charge is 0.306 e. The predicted molar refractivity (Wildman–Crippen MR) is 329 cm³/mol. The summed E-state index contributed by atoms with van der Waals surface area (Å²) in [6.45, 7) is 6.35. The number of rotatable bonds is 54. The summed E-state index contributed by atoms with van der Waals surface area (Å²) in [4.78, 5) is 38.2. The van der Waals surface area contributed by atoms with Crippen LogP contribution in [-0.4, -0.2) is 37.2 Å². The van der Waals surface area contributed by atoms with Gasteiger partial charge >= 0.3 is 17.9 Å². The molecular weight excluding hydrogens is 937 g/mol. The molecule has 0 N–H and O–H groups in total. The van der Waals surface area contributed by atoms with Gasteiger partial charge in [0.25, 0.3) is 0 Å². The Labute approximate surface area is 467 Å². The van der Waals surface area contributed by atoms with E-state index in [-0.39, 0.29) is 31.1 Å². The van der Waals surface area contributed by atoms with Crippen molar-refractivity contribution in [1.82, 2.24) is 0 Å². The van der Waals surface area contributed by atoms with Crippen molar-refractivity contribution < 1.29 is 28.6 Å². The molecule has 6 heteroatoms. The van der Waals surface area contributed by atoms with Crippen LogP contribution in [0.25, 0.3) is 0 Å². The van der Waals surface area contributed by atoms with Gasteiger partial charge in [-0.05, 0) is 141 Å². The van der Waals surface area contributed by atoms with E-state index >= 15 is 0 Å². The lowest BCUT2D eigenvalue weighted by Crippen LogP contribution is -2.30. The maximum absolute atomic E-state index is 12.9. The Kier molecular flexibility index (Phi) is 58.9. The number of unbranched alkanes of at least 4 members (excludes halogenated alkanes) is 19. The molecule has 0 aromatic carbocycles. The quantitative estimate of drug-likeness (QED) is 0.0261. The molecule has 428 valence electrons. The minimum atomic E-state index is -0.804. The Balaban J connectivity index is 4.42. The third-order valence-corrected chi connectivity index (χ3v) is 12.6. The van der Waals surface area contributed by atoms with E-state index in [1.54, 1.807) is 0 Å². The minimum Gasteiger partial charge on any atom is -0.462 e. The van der Waals surface area contributed by atoms with Crippen LogP contribution in [0, 0.1) is 0 Å². The molecule has 6 nitrogen and oxygen atoms in total. The summed E-state index contributed by atoms with van der Waals surface area (Å²) < 4.78 is 16.9. The summed E-state index contributed by atoms with van der Waals surface area (Å²) in [6.07, 6.45) is 89.8. The van der Waals surface area contributed by atoms with Gasteiger partial charge in [-0.2, -0.15) is 0 Å². The summed E-state index contributed by atoms with van der Waals surface area (Å²) in [6, 6.07) is 0. The molecule has 0 aliphatic carbocycles. The number of carbonyl (C=O) groups excluding carboxylic acids is 3. The molecule has 0 aromatic heterocycles. The van der Waals surface area contributed by atoms with Gasteiger partial charge in [0.15, 0.2) is 6.10 Å². The highest BCUT2D eigenvalue weighted by atomic mass is 16.6. The second-order valence-electron chi connectivity index (χ2n) is 19.8. The number of allylic oxidation sites excluding steroid dienone is 24. The average Bonchev–Trinajstić information content (AvgIpc) is 3.42. The van der Waals surface area contributed by atoms with Crippen molar-refractivity contribution >= 4 is 17.9 Å². The highest BCUT2D eigenvalue weighted by molar-refractivity contribution is 5.71. The van der Waals surface area contributed by atoms with Gasteiger partial charge in [0, 0.05) is 19.3 Å². The molecule has 0 aliphatic heterocycles. The monoisotopic (exact) mass is 1050 g/mol. The summed E-state index contributed by atoms with van der Waals surface area (Å²) in [7, 11) is 0. The molecule has 0 spiro atoms. The highest BCUT2D eigenvalue weighted by Crippen LogP contribution is 2.14. The third kappa shape index (κ3) is 60.2. The molecule has 0 amide bonds. The first-order valence-corrected chi connectivity index (χ1v) is 30.8. The van der Waals surface area contributed by atoms with Crippen LogP contribution in [0.3, 0.4) is 0 Å². The van der Waals surface area contributed by atoms with Gasteiger partial charge < -0.3 is 14.2 Å². The number of hydrogen-bond donors (Lipinski definition) is 0. The fraction of sp³-hybridized carbons (Fsp3) is 0.614. The van der Waals surface area contributed by atoms with Crippen LogP contribution in [0.15, 0.2) is 146 Å². The van der Waals surface area contributed by atoms with Gasteiger partial charge in [-0.1, -0.05) is 244 Å². The second kappa shape index (κ2) is 62.8. The van der Waals surface area contributed by atoms with E-state index in [1.807, 2.05) is 0 Å². The zero-order chi connectivity index (χ0) is 55.0. The van der Waals surface area contributed by atoms with Crippen LogP contribution in [0.1, 0.15) is 258 Å². The average molecular weight is 1050 g/mol. The number of carbonyl (C=O) groups is 3. The van der Waals surface area contributed by atoms with Crippen LogP contribution in [0.5, 0.6) is 0 Å². The molecule has 1 atom stereocenters. The molecule has 1 unspecified atom stereocenters. The molecule has 76 heavy (non-hydrogen) atoms. The van der Waals surface area contributed by atoms with Crippen LogP contribution >= 0.6 is 0 Å². The molecule has 0 heterocycles. The van der Waals surface area contributed by atoms with Gasteiger partial charge in [-0.3, -0.25) is 14.4 Å². The normalized spacial score (nSPS) is 13.1. The Morgan fingerprint density at radius 1 is 0.276 bits per heavy atom. The van der Waals surface area contributed by atoms with E-state index in [0.717, 1.165) is 173 Å². The number of ether oxygens (including phenoxy) is 3. The van der Waals surface area contributed by atoms with Gasteiger partial charge in [-0.25, -0.2) is 0 Å². The number of esters is 3. The molecule has 0 fully saturated rings. The van der Waals surface area contributed by atoms with Crippen molar-refractivity contribution in [2.24, 2.45) is 0 Å². The van der Waals surface area contributed by atoms with E-state index in [9.17, 15) is 14.4 Å². The molecule has 0 radical (unpaired) electrons. The Hall–Kier alpha value is -4.71. The Morgan fingerprint density at radius 3 is 0.816 bits per heavy atom. The maximum Gasteiger partial charge on any atom is 0.306 e. The van der Waals surface area contributed by atoms with Crippen molar-refractivity contribution in [1.29, 1.82) is 0 Å². The lowest BCUT2D eigenvalue weighted by atomic mass is 10.1. The van der Waals surface area contributed by atoms with E-state index in [4.69, 9.17) is 14.2 Å². The van der Waals surface area contributed by atoms with Crippen LogP contribution in [-0.2, 0) is 28.6 Å². The van der Waals surface area contributed by atoms with Crippen LogP contribution in [0.4, 0.5) is 0 Å². The van der Waals surface area contributed by atoms with E-state index < -0.39 is 6.10 Å². The van der Waals surface area contributed by atoms with Crippen molar-refractivity contribution in [2.45, 2.75) is 264 Å².